The number of carbonyl (C=O) groups excluding carboxylic acids is 1. The Morgan fingerprint density at radius 2 is 2.00 bits per heavy atom. The average molecular weight is 341 g/mol. The number of carbonyl (C=O) groups is 1. The van der Waals surface area contributed by atoms with Crippen LogP contribution in [-0.4, -0.2) is 28.4 Å². The van der Waals surface area contributed by atoms with Crippen molar-refractivity contribution in [3.05, 3.63) is 42.1 Å². The maximum absolute atomic E-state index is 12.3. The van der Waals surface area contributed by atoms with Crippen LogP contribution in [-0.2, 0) is 9.53 Å². The second-order valence-electron chi connectivity index (χ2n) is 6.90. The molecule has 5 nitrogen and oxygen atoms in total. The maximum Gasteiger partial charge on any atom is 0.227 e. The highest BCUT2D eigenvalue weighted by Gasteiger charge is 2.22. The Labute approximate surface area is 149 Å². The number of aromatic nitrogens is 2. The Kier molecular flexibility index (Phi) is 5.87. The first kappa shape index (κ1) is 17.7. The first-order valence-electron chi connectivity index (χ1n) is 9.20. The van der Waals surface area contributed by atoms with Crippen LogP contribution in [0.1, 0.15) is 57.6 Å². The Morgan fingerprint density at radius 3 is 2.68 bits per heavy atom. The quantitative estimate of drug-likeness (QED) is 0.817. The lowest BCUT2D eigenvalue weighted by atomic mass is 10.0. The van der Waals surface area contributed by atoms with E-state index in [1.54, 1.807) is 0 Å². The number of benzene rings is 1. The Balaban J connectivity index is 1.77. The van der Waals surface area contributed by atoms with E-state index in [2.05, 4.69) is 5.32 Å². The number of anilines is 1. The van der Waals surface area contributed by atoms with Crippen molar-refractivity contribution >= 4 is 11.7 Å². The van der Waals surface area contributed by atoms with Crippen LogP contribution in [0.15, 0.2) is 36.4 Å². The van der Waals surface area contributed by atoms with Gasteiger partial charge in [-0.1, -0.05) is 31.0 Å². The lowest BCUT2D eigenvalue weighted by Gasteiger charge is -2.10. The minimum Gasteiger partial charge on any atom is -0.378 e. The molecule has 0 spiro atoms. The van der Waals surface area contributed by atoms with Gasteiger partial charge in [-0.3, -0.25) is 4.79 Å². The largest absolute Gasteiger partial charge is 0.378 e. The van der Waals surface area contributed by atoms with Gasteiger partial charge in [-0.25, -0.2) is 4.68 Å². The maximum atomic E-state index is 12.3. The molecule has 1 fully saturated rings. The molecule has 0 atom stereocenters. The van der Waals surface area contributed by atoms with Crippen LogP contribution in [0.4, 0.5) is 5.82 Å². The summed E-state index contributed by atoms with van der Waals surface area (Å²) >= 11 is 0. The smallest absolute Gasteiger partial charge is 0.227 e. The fourth-order valence-corrected chi connectivity index (χ4v) is 3.27. The monoisotopic (exact) mass is 341 g/mol. The van der Waals surface area contributed by atoms with Crippen LogP contribution >= 0.6 is 0 Å². The lowest BCUT2D eigenvalue weighted by molar-refractivity contribution is -0.117. The molecule has 1 saturated carbocycles. The molecule has 0 bridgehead atoms. The van der Waals surface area contributed by atoms with Crippen LogP contribution in [0.2, 0.25) is 0 Å². The van der Waals surface area contributed by atoms with E-state index in [-0.39, 0.29) is 12.0 Å². The number of nitrogens with one attached hydrogen (secondary N) is 1. The standard InChI is InChI=1S/C20H27N3O2/c1-15(2)25-13-12-20(24)21-19-14-18(16-8-6-7-9-16)22-23(19)17-10-4-3-5-11-17/h3-5,10-11,14-16H,6-9,12-13H2,1-2H3,(H,21,24). The van der Waals surface area contributed by atoms with Crippen LogP contribution in [0.25, 0.3) is 5.69 Å². The van der Waals surface area contributed by atoms with Crippen molar-refractivity contribution in [2.75, 3.05) is 11.9 Å². The van der Waals surface area contributed by atoms with E-state index in [9.17, 15) is 4.79 Å². The van der Waals surface area contributed by atoms with Gasteiger partial charge in [-0.2, -0.15) is 5.10 Å². The third-order valence-electron chi connectivity index (χ3n) is 4.55. The number of ether oxygens (including phenoxy) is 1. The number of para-hydroxylation sites is 1. The Morgan fingerprint density at radius 1 is 1.28 bits per heavy atom. The van der Waals surface area contributed by atoms with E-state index in [4.69, 9.17) is 9.84 Å². The fourth-order valence-electron chi connectivity index (χ4n) is 3.27. The van der Waals surface area contributed by atoms with Gasteiger partial charge in [0.2, 0.25) is 5.91 Å². The molecule has 1 aliphatic carbocycles. The molecular weight excluding hydrogens is 314 g/mol. The highest BCUT2D eigenvalue weighted by Crippen LogP contribution is 2.35. The molecule has 1 amide bonds. The minimum atomic E-state index is -0.0456. The van der Waals surface area contributed by atoms with E-state index in [0.717, 1.165) is 17.2 Å². The molecule has 0 radical (unpaired) electrons. The molecule has 0 saturated heterocycles. The van der Waals surface area contributed by atoms with E-state index in [1.165, 1.54) is 25.7 Å². The van der Waals surface area contributed by atoms with Gasteiger partial charge in [0.05, 0.1) is 30.5 Å². The fraction of sp³-hybridized carbons (Fsp3) is 0.500. The molecule has 1 aromatic carbocycles. The summed E-state index contributed by atoms with van der Waals surface area (Å²) in [6, 6.07) is 12.0. The van der Waals surface area contributed by atoms with Gasteiger partial charge in [0, 0.05) is 12.0 Å². The van der Waals surface area contributed by atoms with Crippen LogP contribution in [0.3, 0.4) is 0 Å². The predicted octanol–water partition coefficient (Wildman–Crippen LogP) is 4.28. The van der Waals surface area contributed by atoms with Crippen molar-refractivity contribution in [2.45, 2.75) is 58.0 Å². The van der Waals surface area contributed by atoms with Crippen molar-refractivity contribution in [2.24, 2.45) is 0 Å². The van der Waals surface area contributed by atoms with E-state index < -0.39 is 0 Å². The third kappa shape index (κ3) is 4.69. The summed E-state index contributed by atoms with van der Waals surface area (Å²) in [4.78, 5) is 12.3. The normalized spacial score (nSPS) is 15.0. The zero-order valence-corrected chi connectivity index (χ0v) is 15.1. The first-order valence-corrected chi connectivity index (χ1v) is 9.20. The molecule has 1 aromatic heterocycles. The number of rotatable bonds is 7. The minimum absolute atomic E-state index is 0.0456. The van der Waals surface area contributed by atoms with Crippen molar-refractivity contribution < 1.29 is 9.53 Å². The zero-order chi connectivity index (χ0) is 17.6. The van der Waals surface area contributed by atoms with Crippen molar-refractivity contribution in [3.8, 4) is 5.69 Å². The average Bonchev–Trinajstić information content (AvgIpc) is 3.24. The number of hydrogen-bond acceptors (Lipinski definition) is 3. The molecule has 3 rings (SSSR count). The van der Waals surface area contributed by atoms with E-state index >= 15 is 0 Å². The van der Waals surface area contributed by atoms with Gasteiger partial charge in [-0.05, 0) is 38.8 Å². The molecule has 1 aliphatic rings. The van der Waals surface area contributed by atoms with Crippen molar-refractivity contribution in [1.82, 2.24) is 9.78 Å². The second kappa shape index (κ2) is 8.30. The summed E-state index contributed by atoms with van der Waals surface area (Å²) in [6.45, 7) is 4.37. The van der Waals surface area contributed by atoms with E-state index in [0.29, 0.717) is 18.9 Å². The molecule has 0 aliphatic heterocycles. The summed E-state index contributed by atoms with van der Waals surface area (Å²) in [5, 5.41) is 7.80. The molecule has 2 aromatic rings. The van der Waals surface area contributed by atoms with Gasteiger partial charge in [0.25, 0.3) is 0 Å². The predicted molar refractivity (Wildman–Crippen MR) is 99.1 cm³/mol. The molecule has 0 unspecified atom stereocenters. The summed E-state index contributed by atoms with van der Waals surface area (Å²) in [6.07, 6.45) is 5.37. The van der Waals surface area contributed by atoms with Gasteiger partial charge >= 0.3 is 0 Å². The first-order chi connectivity index (χ1) is 12.1. The summed E-state index contributed by atoms with van der Waals surface area (Å²) in [5.41, 5.74) is 2.04. The van der Waals surface area contributed by atoms with Crippen LogP contribution in [0, 0.1) is 0 Å². The molecule has 1 heterocycles. The Hall–Kier alpha value is -2.14. The molecule has 25 heavy (non-hydrogen) atoms. The second-order valence-corrected chi connectivity index (χ2v) is 6.90. The Bertz CT molecular complexity index is 688. The van der Waals surface area contributed by atoms with Gasteiger partial charge in [0.15, 0.2) is 0 Å². The third-order valence-corrected chi connectivity index (χ3v) is 4.55. The van der Waals surface area contributed by atoms with E-state index in [1.807, 2.05) is 54.9 Å². The van der Waals surface area contributed by atoms with Gasteiger partial charge in [-0.15, -0.1) is 0 Å². The molecule has 1 N–H and O–H groups in total. The number of nitrogens with zero attached hydrogens (tertiary/aromatic N) is 2. The highest BCUT2D eigenvalue weighted by atomic mass is 16.5. The zero-order valence-electron chi connectivity index (χ0n) is 15.1. The topological polar surface area (TPSA) is 56.1 Å². The van der Waals surface area contributed by atoms with Crippen molar-refractivity contribution in [1.29, 1.82) is 0 Å². The number of amides is 1. The summed E-state index contributed by atoms with van der Waals surface area (Å²) in [5.74, 6) is 1.20. The molecule has 5 heteroatoms. The lowest BCUT2D eigenvalue weighted by Crippen LogP contribution is -2.17. The summed E-state index contributed by atoms with van der Waals surface area (Å²) in [7, 11) is 0. The number of hydrogen-bond donors (Lipinski definition) is 1. The SMILES string of the molecule is CC(C)OCCC(=O)Nc1cc(C2CCCC2)nn1-c1ccccc1. The van der Waals surface area contributed by atoms with Crippen LogP contribution in [0.5, 0.6) is 0 Å². The van der Waals surface area contributed by atoms with Gasteiger partial charge < -0.3 is 10.1 Å². The van der Waals surface area contributed by atoms with Gasteiger partial charge in [0.1, 0.15) is 5.82 Å². The molecular formula is C20H27N3O2. The van der Waals surface area contributed by atoms with Crippen molar-refractivity contribution in [3.63, 3.8) is 0 Å². The molecule has 134 valence electrons. The summed E-state index contributed by atoms with van der Waals surface area (Å²) < 4.78 is 7.31. The van der Waals surface area contributed by atoms with Crippen LogP contribution < -0.4 is 5.32 Å². The highest BCUT2D eigenvalue weighted by molar-refractivity contribution is 5.90.